The van der Waals surface area contributed by atoms with Gasteiger partial charge in [-0.2, -0.15) is 5.10 Å². The van der Waals surface area contributed by atoms with Gasteiger partial charge in [0.2, 0.25) is 5.91 Å². The maximum atomic E-state index is 13.6. The Morgan fingerprint density at radius 2 is 1.90 bits per heavy atom. The number of H-pyrrole nitrogens is 1. The predicted molar refractivity (Wildman–Crippen MR) is 152 cm³/mol. The second kappa shape index (κ2) is 12.6. The Morgan fingerprint density at radius 1 is 1.10 bits per heavy atom. The number of methoxy groups -OCH3 is 2. The summed E-state index contributed by atoms with van der Waals surface area (Å²) < 4.78 is 24.4. The summed E-state index contributed by atoms with van der Waals surface area (Å²) in [7, 11) is 3.20. The molecule has 1 saturated heterocycles. The number of piperidine rings is 1. The molecule has 1 amide bonds. The Balaban J connectivity index is 1.12. The number of carbonyl (C=O) groups is 1. The van der Waals surface area contributed by atoms with Crippen LogP contribution in [0.3, 0.4) is 0 Å². The van der Waals surface area contributed by atoms with Gasteiger partial charge < -0.3 is 19.7 Å². The maximum absolute atomic E-state index is 13.6. The average Bonchev–Trinajstić information content (AvgIpc) is 3.38. The van der Waals surface area contributed by atoms with Crippen molar-refractivity contribution in [3.05, 3.63) is 59.5 Å². The molecule has 2 fully saturated rings. The van der Waals surface area contributed by atoms with Crippen molar-refractivity contribution in [2.75, 3.05) is 40.4 Å². The Morgan fingerprint density at radius 3 is 2.67 bits per heavy atom. The number of hydrogen-bond acceptors (Lipinski definition) is 5. The molecule has 1 aliphatic heterocycles. The zero-order chi connectivity index (χ0) is 27.2. The molecule has 0 radical (unpaired) electrons. The number of likely N-dealkylation sites (tertiary alicyclic amines) is 1. The SMILES string of the molecule is COc1cccc(C=CC(=O)NC[C@@H]2CCCC[C@H]2CN2CCC(c3[nH]nc4cc(F)ccc34)CC2)c1OC. The van der Waals surface area contributed by atoms with Gasteiger partial charge in [0.15, 0.2) is 11.5 Å². The minimum absolute atomic E-state index is 0.0864. The van der Waals surface area contributed by atoms with Crippen LogP contribution in [-0.2, 0) is 4.79 Å². The summed E-state index contributed by atoms with van der Waals surface area (Å²) in [5.41, 5.74) is 2.65. The molecule has 0 bridgehead atoms. The normalized spacial score (nSPS) is 20.9. The van der Waals surface area contributed by atoms with Gasteiger partial charge in [-0.3, -0.25) is 9.89 Å². The van der Waals surface area contributed by atoms with E-state index in [9.17, 15) is 9.18 Å². The van der Waals surface area contributed by atoms with Crippen LogP contribution >= 0.6 is 0 Å². The second-order valence-corrected chi connectivity index (χ2v) is 10.8. The molecule has 2 aliphatic rings. The molecule has 2 N–H and O–H groups in total. The van der Waals surface area contributed by atoms with Crippen molar-refractivity contribution in [1.29, 1.82) is 0 Å². The number of fused-ring (bicyclic) bond motifs is 1. The molecule has 1 aromatic heterocycles. The molecule has 1 saturated carbocycles. The van der Waals surface area contributed by atoms with E-state index in [-0.39, 0.29) is 11.7 Å². The Hall–Kier alpha value is -3.39. The van der Waals surface area contributed by atoms with Crippen molar-refractivity contribution in [3.63, 3.8) is 0 Å². The highest BCUT2D eigenvalue weighted by molar-refractivity contribution is 5.92. The molecule has 2 aromatic carbocycles. The summed E-state index contributed by atoms with van der Waals surface area (Å²) in [5.74, 6) is 2.43. The number of benzene rings is 2. The summed E-state index contributed by atoms with van der Waals surface area (Å²) >= 11 is 0. The van der Waals surface area contributed by atoms with Crippen LogP contribution < -0.4 is 14.8 Å². The van der Waals surface area contributed by atoms with E-state index in [1.807, 2.05) is 24.3 Å². The molecular formula is C31H39FN4O3. The van der Waals surface area contributed by atoms with Crippen LogP contribution in [-0.4, -0.2) is 61.4 Å². The quantitative estimate of drug-likeness (QED) is 0.353. The lowest BCUT2D eigenvalue weighted by molar-refractivity contribution is -0.116. The zero-order valence-corrected chi connectivity index (χ0v) is 22.9. The number of aromatic amines is 1. The van der Waals surface area contributed by atoms with Crippen LogP contribution in [0, 0.1) is 17.7 Å². The lowest BCUT2D eigenvalue weighted by Gasteiger charge is -2.38. The molecular weight excluding hydrogens is 495 g/mol. The number of nitrogens with zero attached hydrogens (tertiary/aromatic N) is 2. The summed E-state index contributed by atoms with van der Waals surface area (Å²) in [5, 5.41) is 11.7. The first-order valence-electron chi connectivity index (χ1n) is 14.1. The highest BCUT2D eigenvalue weighted by atomic mass is 19.1. The molecule has 5 rings (SSSR count). The number of carbonyl (C=O) groups excluding carboxylic acids is 1. The third-order valence-corrected chi connectivity index (χ3v) is 8.49. The van der Waals surface area contributed by atoms with Crippen LogP contribution in [0.1, 0.15) is 55.7 Å². The number of halogens is 1. The molecule has 39 heavy (non-hydrogen) atoms. The minimum Gasteiger partial charge on any atom is -0.493 e. The second-order valence-electron chi connectivity index (χ2n) is 10.8. The summed E-state index contributed by atoms with van der Waals surface area (Å²) in [6.45, 7) is 3.88. The van der Waals surface area contributed by atoms with Gasteiger partial charge in [-0.1, -0.05) is 25.0 Å². The molecule has 208 valence electrons. The number of ether oxygens (including phenoxy) is 2. The number of aromatic nitrogens is 2. The van der Waals surface area contributed by atoms with E-state index >= 15 is 0 Å². The summed E-state index contributed by atoms with van der Waals surface area (Å²) in [6.07, 6.45) is 10.4. The first kappa shape index (κ1) is 27.2. The standard InChI is InChI=1S/C31H39FN4O3/c1-38-28-9-5-8-22(31(28)39-2)10-13-29(37)33-19-23-6-3-4-7-24(23)20-36-16-14-21(15-17-36)30-26-12-11-25(32)18-27(26)34-35-30/h5,8-13,18,21,23-24H,3-4,6-7,14-17,19-20H2,1-2H3,(H,33,37)(H,34,35)/t23-,24-/m0/s1. The Kier molecular flexibility index (Phi) is 8.81. The van der Waals surface area contributed by atoms with E-state index < -0.39 is 0 Å². The van der Waals surface area contributed by atoms with Gasteiger partial charge >= 0.3 is 0 Å². The van der Waals surface area contributed by atoms with Crippen LogP contribution in [0.5, 0.6) is 11.5 Å². The van der Waals surface area contributed by atoms with Gasteiger partial charge in [-0.15, -0.1) is 0 Å². The van der Waals surface area contributed by atoms with Crippen LogP contribution in [0.4, 0.5) is 4.39 Å². The number of para-hydroxylation sites is 1. The maximum Gasteiger partial charge on any atom is 0.244 e. The van der Waals surface area contributed by atoms with Gasteiger partial charge in [0.05, 0.1) is 19.7 Å². The van der Waals surface area contributed by atoms with Crippen LogP contribution in [0.15, 0.2) is 42.5 Å². The van der Waals surface area contributed by atoms with E-state index in [4.69, 9.17) is 9.47 Å². The van der Waals surface area contributed by atoms with Gasteiger partial charge in [0, 0.05) is 47.8 Å². The number of hydrogen-bond donors (Lipinski definition) is 2. The summed E-state index contributed by atoms with van der Waals surface area (Å²) in [6, 6.07) is 10.5. The van der Waals surface area contributed by atoms with Crippen molar-refractivity contribution in [1.82, 2.24) is 20.4 Å². The Labute approximate surface area is 229 Å². The van der Waals surface area contributed by atoms with E-state index in [1.54, 1.807) is 26.4 Å². The van der Waals surface area contributed by atoms with Crippen molar-refractivity contribution in [2.24, 2.45) is 11.8 Å². The van der Waals surface area contributed by atoms with E-state index in [0.29, 0.717) is 41.3 Å². The third-order valence-electron chi connectivity index (χ3n) is 8.49. The van der Waals surface area contributed by atoms with Gasteiger partial charge in [0.25, 0.3) is 0 Å². The fourth-order valence-electron chi connectivity index (χ4n) is 6.35. The van der Waals surface area contributed by atoms with Crippen molar-refractivity contribution in [3.8, 4) is 11.5 Å². The van der Waals surface area contributed by atoms with Crippen LogP contribution in [0.2, 0.25) is 0 Å². The molecule has 2 atom stereocenters. The average molecular weight is 535 g/mol. The first-order chi connectivity index (χ1) is 19.1. The first-order valence-corrected chi connectivity index (χ1v) is 14.1. The summed E-state index contributed by atoms with van der Waals surface area (Å²) in [4.78, 5) is 15.3. The highest BCUT2D eigenvalue weighted by Crippen LogP contribution is 2.35. The molecule has 7 nitrogen and oxygen atoms in total. The van der Waals surface area contributed by atoms with E-state index in [2.05, 4.69) is 20.4 Å². The largest absolute Gasteiger partial charge is 0.493 e. The Bertz CT molecular complexity index is 1300. The monoisotopic (exact) mass is 534 g/mol. The molecule has 0 spiro atoms. The zero-order valence-electron chi connectivity index (χ0n) is 22.9. The van der Waals surface area contributed by atoms with Gasteiger partial charge in [-0.05, 0) is 74.9 Å². The molecule has 2 heterocycles. The van der Waals surface area contributed by atoms with Crippen molar-refractivity contribution in [2.45, 2.75) is 44.4 Å². The topological polar surface area (TPSA) is 79.5 Å². The number of rotatable bonds is 9. The van der Waals surface area contributed by atoms with Crippen LogP contribution in [0.25, 0.3) is 17.0 Å². The van der Waals surface area contributed by atoms with Crippen molar-refractivity contribution < 1.29 is 18.7 Å². The lowest BCUT2D eigenvalue weighted by atomic mass is 9.78. The predicted octanol–water partition coefficient (Wildman–Crippen LogP) is 5.53. The minimum atomic E-state index is -0.248. The van der Waals surface area contributed by atoms with Gasteiger partial charge in [0.1, 0.15) is 5.82 Å². The molecule has 1 aliphatic carbocycles. The van der Waals surface area contributed by atoms with E-state index in [1.165, 1.54) is 31.4 Å². The van der Waals surface area contributed by atoms with E-state index in [0.717, 1.165) is 55.5 Å². The lowest BCUT2D eigenvalue weighted by Crippen LogP contribution is -2.42. The smallest absolute Gasteiger partial charge is 0.244 e. The molecule has 0 unspecified atom stereocenters. The fourth-order valence-corrected chi connectivity index (χ4v) is 6.35. The fraction of sp³-hybridized carbons (Fsp3) is 0.484. The number of amides is 1. The number of nitrogens with one attached hydrogen (secondary N) is 2. The van der Waals surface area contributed by atoms with Gasteiger partial charge in [-0.25, -0.2) is 4.39 Å². The molecule has 8 heteroatoms. The van der Waals surface area contributed by atoms with Crippen molar-refractivity contribution >= 4 is 22.9 Å². The molecule has 3 aromatic rings. The highest BCUT2D eigenvalue weighted by Gasteiger charge is 2.30. The third kappa shape index (κ3) is 6.44.